The molecule has 0 spiro atoms. The average Bonchev–Trinajstić information content (AvgIpc) is 2.39. The lowest BCUT2D eigenvalue weighted by atomic mass is 10.1. The highest BCUT2D eigenvalue weighted by atomic mass is 32.1. The maximum absolute atomic E-state index is 8.87. The van der Waals surface area contributed by atoms with Gasteiger partial charge < -0.3 is 10.8 Å². The van der Waals surface area contributed by atoms with Gasteiger partial charge in [-0.3, -0.25) is 0 Å². The minimum atomic E-state index is 0.0138. The zero-order chi connectivity index (χ0) is 8.27. The van der Waals surface area contributed by atoms with E-state index in [-0.39, 0.29) is 12.5 Å². The quantitative estimate of drug-likeness (QED) is 0.697. The summed E-state index contributed by atoms with van der Waals surface area (Å²) >= 11 is 1.59. The largest absolute Gasteiger partial charge is 0.396 e. The van der Waals surface area contributed by atoms with E-state index in [1.54, 1.807) is 11.3 Å². The zero-order valence-electron chi connectivity index (χ0n) is 6.45. The molecular weight excluding hydrogens is 160 g/mol. The van der Waals surface area contributed by atoms with Crippen LogP contribution in [0.1, 0.15) is 16.6 Å². The number of aromatic nitrogens is 1. The van der Waals surface area contributed by atoms with E-state index in [1.165, 1.54) is 0 Å². The zero-order valence-corrected chi connectivity index (χ0v) is 7.27. The van der Waals surface area contributed by atoms with E-state index in [0.717, 1.165) is 10.7 Å². The number of hydrogen-bond acceptors (Lipinski definition) is 4. The molecule has 1 atom stereocenters. The molecule has 1 aromatic heterocycles. The molecular formula is C7H12N2OS. The second-order valence-electron chi connectivity index (χ2n) is 2.41. The lowest BCUT2D eigenvalue weighted by molar-refractivity contribution is 0.266. The fourth-order valence-corrected chi connectivity index (χ4v) is 1.55. The Balaban J connectivity index is 2.73. The summed E-state index contributed by atoms with van der Waals surface area (Å²) < 4.78 is 0. The number of aryl methyl sites for hydroxylation is 1. The summed E-state index contributed by atoms with van der Waals surface area (Å²) in [6.45, 7) is 2.48. The third-order valence-electron chi connectivity index (χ3n) is 1.56. The van der Waals surface area contributed by atoms with Gasteiger partial charge in [-0.15, -0.1) is 11.3 Å². The number of rotatable bonds is 3. The molecule has 0 amide bonds. The summed E-state index contributed by atoms with van der Waals surface area (Å²) in [5.74, 6) is 0.0138. The van der Waals surface area contributed by atoms with Gasteiger partial charge in [-0.2, -0.15) is 0 Å². The van der Waals surface area contributed by atoms with Gasteiger partial charge in [0, 0.05) is 17.8 Å². The van der Waals surface area contributed by atoms with Crippen LogP contribution in [0.4, 0.5) is 0 Å². The normalized spacial score (nSPS) is 13.4. The molecule has 62 valence electrons. The minimum Gasteiger partial charge on any atom is -0.396 e. The Kier molecular flexibility index (Phi) is 2.99. The van der Waals surface area contributed by atoms with Crippen molar-refractivity contribution in [2.75, 3.05) is 13.2 Å². The van der Waals surface area contributed by atoms with Crippen LogP contribution in [0.3, 0.4) is 0 Å². The minimum absolute atomic E-state index is 0.0138. The van der Waals surface area contributed by atoms with E-state index < -0.39 is 0 Å². The first-order valence-electron chi connectivity index (χ1n) is 3.51. The van der Waals surface area contributed by atoms with Gasteiger partial charge in [0.2, 0.25) is 0 Å². The van der Waals surface area contributed by atoms with Crippen molar-refractivity contribution < 1.29 is 5.11 Å². The van der Waals surface area contributed by atoms with Crippen molar-refractivity contribution in [2.45, 2.75) is 12.8 Å². The molecule has 1 unspecified atom stereocenters. The van der Waals surface area contributed by atoms with Crippen molar-refractivity contribution in [3.05, 3.63) is 16.1 Å². The highest BCUT2D eigenvalue weighted by molar-refractivity contribution is 7.09. The highest BCUT2D eigenvalue weighted by Gasteiger charge is 2.10. The maximum atomic E-state index is 8.87. The topological polar surface area (TPSA) is 59.1 Å². The fourth-order valence-electron chi connectivity index (χ4n) is 0.856. The molecule has 1 aromatic rings. The Bertz CT molecular complexity index is 220. The van der Waals surface area contributed by atoms with Crippen molar-refractivity contribution >= 4 is 11.3 Å². The Hall–Kier alpha value is -0.450. The first kappa shape index (κ1) is 8.64. The predicted octanol–water partition coefficient (Wildman–Crippen LogP) is 0.486. The highest BCUT2D eigenvalue weighted by Crippen LogP contribution is 2.16. The van der Waals surface area contributed by atoms with Crippen LogP contribution >= 0.6 is 11.3 Å². The summed E-state index contributed by atoms with van der Waals surface area (Å²) in [5, 5.41) is 11.8. The summed E-state index contributed by atoms with van der Waals surface area (Å²) in [5.41, 5.74) is 6.34. The summed E-state index contributed by atoms with van der Waals surface area (Å²) in [4.78, 5) is 4.23. The average molecular weight is 172 g/mol. The molecule has 0 radical (unpaired) electrons. The summed E-state index contributed by atoms with van der Waals surface area (Å²) in [7, 11) is 0. The molecule has 1 heterocycles. The Morgan fingerprint density at radius 3 is 2.91 bits per heavy atom. The van der Waals surface area contributed by atoms with Crippen LogP contribution in [0.2, 0.25) is 0 Å². The van der Waals surface area contributed by atoms with Crippen LogP contribution in [0, 0.1) is 6.92 Å². The van der Waals surface area contributed by atoms with Gasteiger partial charge in [0.1, 0.15) is 0 Å². The molecule has 0 aliphatic carbocycles. The molecule has 0 saturated heterocycles. The lowest BCUT2D eigenvalue weighted by Crippen LogP contribution is -2.16. The van der Waals surface area contributed by atoms with Crippen molar-refractivity contribution in [1.82, 2.24) is 4.98 Å². The molecule has 11 heavy (non-hydrogen) atoms. The molecule has 3 nitrogen and oxygen atoms in total. The molecule has 0 aromatic carbocycles. The van der Waals surface area contributed by atoms with E-state index in [4.69, 9.17) is 10.8 Å². The fraction of sp³-hybridized carbons (Fsp3) is 0.571. The van der Waals surface area contributed by atoms with Crippen LogP contribution in [-0.4, -0.2) is 23.2 Å². The number of aliphatic hydroxyl groups excluding tert-OH is 1. The first-order chi connectivity index (χ1) is 5.27. The van der Waals surface area contributed by atoms with E-state index in [9.17, 15) is 0 Å². The lowest BCUT2D eigenvalue weighted by Gasteiger charge is -2.06. The second-order valence-corrected chi connectivity index (χ2v) is 3.47. The van der Waals surface area contributed by atoms with E-state index in [2.05, 4.69) is 4.98 Å². The molecule has 1 rings (SSSR count). The standard InChI is InChI=1S/C7H12N2OS/c1-5-9-7(4-11-5)6(2-8)3-10/h4,6,10H,2-3,8H2,1H3. The number of aliphatic hydroxyl groups is 1. The number of nitrogens with zero attached hydrogens (tertiary/aromatic N) is 1. The monoisotopic (exact) mass is 172 g/mol. The second kappa shape index (κ2) is 3.80. The summed E-state index contributed by atoms with van der Waals surface area (Å²) in [6.07, 6.45) is 0. The van der Waals surface area contributed by atoms with Crippen LogP contribution in [-0.2, 0) is 0 Å². The van der Waals surface area contributed by atoms with Gasteiger partial charge >= 0.3 is 0 Å². The van der Waals surface area contributed by atoms with Gasteiger partial charge in [0.05, 0.1) is 17.3 Å². The number of hydrogen-bond donors (Lipinski definition) is 2. The first-order valence-corrected chi connectivity index (χ1v) is 4.39. The molecule has 0 fully saturated rings. The summed E-state index contributed by atoms with van der Waals surface area (Å²) in [6, 6.07) is 0. The van der Waals surface area contributed by atoms with Crippen LogP contribution in [0.15, 0.2) is 5.38 Å². The van der Waals surface area contributed by atoms with Crippen molar-refractivity contribution in [3.63, 3.8) is 0 Å². The number of nitrogens with two attached hydrogens (primary N) is 1. The van der Waals surface area contributed by atoms with Gasteiger partial charge in [-0.25, -0.2) is 4.98 Å². The van der Waals surface area contributed by atoms with E-state index in [0.29, 0.717) is 6.54 Å². The van der Waals surface area contributed by atoms with Crippen LogP contribution in [0.25, 0.3) is 0 Å². The SMILES string of the molecule is Cc1nc(C(CN)CO)cs1. The molecule has 0 saturated carbocycles. The predicted molar refractivity (Wildman–Crippen MR) is 45.7 cm³/mol. The van der Waals surface area contributed by atoms with Crippen LogP contribution < -0.4 is 5.73 Å². The molecule has 0 bridgehead atoms. The van der Waals surface area contributed by atoms with Crippen molar-refractivity contribution in [1.29, 1.82) is 0 Å². The maximum Gasteiger partial charge on any atom is 0.0897 e. The van der Waals surface area contributed by atoms with Gasteiger partial charge in [0.15, 0.2) is 0 Å². The molecule has 0 aliphatic rings. The Labute approximate surface area is 69.9 Å². The molecule has 4 heteroatoms. The number of thiazole rings is 1. The van der Waals surface area contributed by atoms with Crippen molar-refractivity contribution in [3.8, 4) is 0 Å². The molecule has 3 N–H and O–H groups in total. The third-order valence-corrected chi connectivity index (χ3v) is 2.35. The smallest absolute Gasteiger partial charge is 0.0897 e. The van der Waals surface area contributed by atoms with Gasteiger partial charge in [-0.1, -0.05) is 0 Å². The van der Waals surface area contributed by atoms with Gasteiger partial charge in [0.25, 0.3) is 0 Å². The van der Waals surface area contributed by atoms with E-state index in [1.807, 2.05) is 12.3 Å². The van der Waals surface area contributed by atoms with Gasteiger partial charge in [-0.05, 0) is 6.92 Å². The van der Waals surface area contributed by atoms with Crippen LogP contribution in [0.5, 0.6) is 0 Å². The third kappa shape index (κ3) is 1.99. The van der Waals surface area contributed by atoms with E-state index >= 15 is 0 Å². The molecule has 0 aliphatic heterocycles. The van der Waals surface area contributed by atoms with Crippen molar-refractivity contribution in [2.24, 2.45) is 5.73 Å². The Morgan fingerprint density at radius 2 is 2.55 bits per heavy atom. The Morgan fingerprint density at radius 1 is 1.82 bits per heavy atom.